The van der Waals surface area contributed by atoms with E-state index in [9.17, 15) is 9.59 Å². The molecule has 0 aliphatic heterocycles. The standard InChI is InChI=1S/C22H18ClN5O2/c1-2-10-28-19(24)15(21(29)25-13-14-7-3-4-8-17(14)23)12-16-20(28)26-18-9-5-6-11-27(18)22(16)30/h2-9,11-12,24H,1,10,13H2,(H,25,29). The molecule has 0 saturated heterocycles. The van der Waals surface area contributed by atoms with Crippen molar-refractivity contribution in [3.8, 4) is 0 Å². The lowest BCUT2D eigenvalue weighted by molar-refractivity contribution is 0.0948. The second-order valence-electron chi connectivity index (χ2n) is 6.66. The molecule has 0 atom stereocenters. The highest BCUT2D eigenvalue weighted by Crippen LogP contribution is 2.15. The first-order valence-electron chi connectivity index (χ1n) is 9.23. The number of allylic oxidation sites excluding steroid dienone is 1. The average Bonchev–Trinajstić information content (AvgIpc) is 2.75. The Morgan fingerprint density at radius 2 is 2.00 bits per heavy atom. The first-order valence-corrected chi connectivity index (χ1v) is 9.61. The number of rotatable bonds is 5. The lowest BCUT2D eigenvalue weighted by Gasteiger charge is -2.13. The molecule has 8 heteroatoms. The summed E-state index contributed by atoms with van der Waals surface area (Å²) in [7, 11) is 0. The van der Waals surface area contributed by atoms with Gasteiger partial charge in [0, 0.05) is 24.3 Å². The van der Waals surface area contributed by atoms with Crippen LogP contribution in [0, 0.1) is 5.41 Å². The quantitative estimate of drug-likeness (QED) is 0.385. The Kier molecular flexibility index (Phi) is 5.20. The molecule has 0 fully saturated rings. The summed E-state index contributed by atoms with van der Waals surface area (Å²) in [6.07, 6.45) is 3.21. The zero-order chi connectivity index (χ0) is 21.3. The first kappa shape index (κ1) is 19.6. The fourth-order valence-electron chi connectivity index (χ4n) is 3.28. The molecule has 30 heavy (non-hydrogen) atoms. The summed E-state index contributed by atoms with van der Waals surface area (Å²) in [5.41, 5.74) is 1.26. The monoisotopic (exact) mass is 419 g/mol. The lowest BCUT2D eigenvalue weighted by Crippen LogP contribution is -2.34. The third kappa shape index (κ3) is 3.40. The summed E-state index contributed by atoms with van der Waals surface area (Å²) in [4.78, 5) is 30.4. The van der Waals surface area contributed by atoms with Gasteiger partial charge in [-0.15, -0.1) is 6.58 Å². The molecule has 0 spiro atoms. The van der Waals surface area contributed by atoms with Crippen LogP contribution in [0.3, 0.4) is 0 Å². The molecular formula is C22H18ClN5O2. The van der Waals surface area contributed by atoms with E-state index in [1.165, 1.54) is 15.0 Å². The van der Waals surface area contributed by atoms with Crippen molar-refractivity contribution in [1.29, 1.82) is 5.41 Å². The summed E-state index contributed by atoms with van der Waals surface area (Å²) in [5.74, 6) is -0.475. The number of amides is 1. The molecule has 0 aliphatic rings. The fourth-order valence-corrected chi connectivity index (χ4v) is 3.48. The maximum atomic E-state index is 13.0. The van der Waals surface area contributed by atoms with Crippen LogP contribution in [0.5, 0.6) is 0 Å². The van der Waals surface area contributed by atoms with E-state index in [4.69, 9.17) is 17.0 Å². The number of halogens is 1. The van der Waals surface area contributed by atoms with E-state index in [0.29, 0.717) is 16.3 Å². The van der Waals surface area contributed by atoms with Gasteiger partial charge in [0.25, 0.3) is 11.5 Å². The van der Waals surface area contributed by atoms with Gasteiger partial charge in [0.2, 0.25) is 0 Å². The number of hydrogen-bond acceptors (Lipinski definition) is 4. The van der Waals surface area contributed by atoms with Crippen molar-refractivity contribution in [3.05, 3.63) is 99.4 Å². The van der Waals surface area contributed by atoms with Crippen LogP contribution in [-0.2, 0) is 13.1 Å². The number of hydrogen-bond donors (Lipinski definition) is 2. The van der Waals surface area contributed by atoms with E-state index in [-0.39, 0.29) is 35.1 Å². The molecule has 4 aromatic rings. The Hall–Kier alpha value is -3.71. The molecule has 150 valence electrons. The average molecular weight is 420 g/mol. The van der Waals surface area contributed by atoms with Gasteiger partial charge in [0.05, 0.1) is 10.9 Å². The van der Waals surface area contributed by atoms with E-state index in [1.807, 2.05) is 18.2 Å². The van der Waals surface area contributed by atoms with Gasteiger partial charge in [-0.1, -0.05) is 41.9 Å². The Morgan fingerprint density at radius 3 is 2.77 bits per heavy atom. The number of nitrogens with zero attached hydrogens (tertiary/aromatic N) is 3. The number of nitrogens with one attached hydrogen (secondary N) is 2. The molecule has 3 aromatic heterocycles. The molecular weight excluding hydrogens is 402 g/mol. The van der Waals surface area contributed by atoms with Crippen molar-refractivity contribution in [2.24, 2.45) is 0 Å². The number of benzene rings is 1. The largest absolute Gasteiger partial charge is 0.348 e. The molecule has 1 amide bonds. The molecule has 2 N–H and O–H groups in total. The van der Waals surface area contributed by atoms with Crippen LogP contribution in [0.25, 0.3) is 16.7 Å². The van der Waals surface area contributed by atoms with Crippen molar-refractivity contribution in [2.75, 3.05) is 0 Å². The highest BCUT2D eigenvalue weighted by atomic mass is 35.5. The number of carbonyl (C=O) groups is 1. The maximum Gasteiger partial charge on any atom is 0.267 e. The molecule has 3 heterocycles. The van der Waals surface area contributed by atoms with Crippen LogP contribution in [0.4, 0.5) is 0 Å². The molecule has 1 aromatic carbocycles. The van der Waals surface area contributed by atoms with Crippen LogP contribution >= 0.6 is 11.6 Å². The summed E-state index contributed by atoms with van der Waals surface area (Å²) < 4.78 is 2.91. The Balaban J connectivity index is 1.85. The van der Waals surface area contributed by atoms with E-state index in [1.54, 1.807) is 36.5 Å². The van der Waals surface area contributed by atoms with Gasteiger partial charge in [0.15, 0.2) is 0 Å². The van der Waals surface area contributed by atoms with Crippen molar-refractivity contribution in [2.45, 2.75) is 13.1 Å². The van der Waals surface area contributed by atoms with Gasteiger partial charge in [-0.05, 0) is 29.8 Å². The molecule has 0 aliphatic carbocycles. The minimum atomic E-state index is -0.475. The zero-order valence-electron chi connectivity index (χ0n) is 15.9. The zero-order valence-corrected chi connectivity index (χ0v) is 16.7. The third-order valence-corrected chi connectivity index (χ3v) is 5.14. The van der Waals surface area contributed by atoms with Crippen molar-refractivity contribution < 1.29 is 4.79 Å². The minimum absolute atomic E-state index is 0.0498. The van der Waals surface area contributed by atoms with Crippen molar-refractivity contribution in [3.63, 3.8) is 0 Å². The molecule has 0 saturated carbocycles. The van der Waals surface area contributed by atoms with Crippen LogP contribution in [-0.4, -0.2) is 19.9 Å². The van der Waals surface area contributed by atoms with E-state index >= 15 is 0 Å². The predicted octanol–water partition coefficient (Wildman–Crippen LogP) is 2.90. The highest BCUT2D eigenvalue weighted by Gasteiger charge is 2.17. The van der Waals surface area contributed by atoms with Crippen molar-refractivity contribution >= 4 is 34.2 Å². The van der Waals surface area contributed by atoms with E-state index < -0.39 is 5.91 Å². The summed E-state index contributed by atoms with van der Waals surface area (Å²) in [5, 5.41) is 12.1. The van der Waals surface area contributed by atoms with E-state index in [2.05, 4.69) is 16.9 Å². The minimum Gasteiger partial charge on any atom is -0.348 e. The van der Waals surface area contributed by atoms with Crippen LogP contribution < -0.4 is 16.4 Å². The van der Waals surface area contributed by atoms with Gasteiger partial charge >= 0.3 is 0 Å². The Bertz CT molecular complexity index is 1420. The summed E-state index contributed by atoms with van der Waals surface area (Å²) in [6, 6.07) is 13.8. The fraction of sp³-hybridized carbons (Fsp3) is 0.0909. The Morgan fingerprint density at radius 1 is 1.23 bits per heavy atom. The number of fused-ring (bicyclic) bond motifs is 2. The maximum absolute atomic E-state index is 13.0. The lowest BCUT2D eigenvalue weighted by atomic mass is 10.1. The Labute approximate surface area is 176 Å². The third-order valence-electron chi connectivity index (χ3n) is 4.77. The van der Waals surface area contributed by atoms with Crippen LogP contribution in [0.15, 0.2) is 72.2 Å². The second-order valence-corrected chi connectivity index (χ2v) is 7.07. The smallest absolute Gasteiger partial charge is 0.267 e. The van der Waals surface area contributed by atoms with Crippen molar-refractivity contribution in [1.82, 2.24) is 19.3 Å². The predicted molar refractivity (Wildman–Crippen MR) is 116 cm³/mol. The van der Waals surface area contributed by atoms with Crippen LogP contribution in [0.2, 0.25) is 5.02 Å². The van der Waals surface area contributed by atoms with Gasteiger partial charge in [-0.2, -0.15) is 0 Å². The number of pyridine rings is 2. The summed E-state index contributed by atoms with van der Waals surface area (Å²) >= 11 is 6.15. The molecule has 7 nitrogen and oxygen atoms in total. The normalized spacial score (nSPS) is 11.0. The van der Waals surface area contributed by atoms with Gasteiger partial charge < -0.3 is 9.88 Å². The SMILES string of the molecule is C=CCn1c(=N)c(C(=O)NCc2ccccc2Cl)cc2c(=O)n3ccccc3nc21. The van der Waals surface area contributed by atoms with Crippen LogP contribution in [0.1, 0.15) is 15.9 Å². The molecule has 0 unspecified atom stereocenters. The number of carbonyl (C=O) groups excluding carboxylic acids is 1. The first-order chi connectivity index (χ1) is 14.5. The second kappa shape index (κ2) is 7.96. The number of aromatic nitrogens is 3. The molecule has 0 radical (unpaired) electrons. The van der Waals surface area contributed by atoms with E-state index in [0.717, 1.165) is 5.56 Å². The molecule has 0 bridgehead atoms. The molecule has 4 rings (SSSR count). The summed E-state index contributed by atoms with van der Waals surface area (Å²) in [6.45, 7) is 4.15. The van der Waals surface area contributed by atoms with Gasteiger partial charge in [-0.3, -0.25) is 19.4 Å². The van der Waals surface area contributed by atoms with Gasteiger partial charge in [0.1, 0.15) is 16.8 Å². The van der Waals surface area contributed by atoms with Gasteiger partial charge in [-0.25, -0.2) is 4.98 Å². The highest BCUT2D eigenvalue weighted by molar-refractivity contribution is 6.31. The topological polar surface area (TPSA) is 92.2 Å².